The van der Waals surface area contributed by atoms with Gasteiger partial charge in [0, 0.05) is 24.5 Å². The maximum atomic E-state index is 14.1. The van der Waals surface area contributed by atoms with E-state index in [0.29, 0.717) is 61.3 Å². The van der Waals surface area contributed by atoms with Crippen molar-refractivity contribution in [3.8, 4) is 0 Å². The van der Waals surface area contributed by atoms with Crippen LogP contribution in [0.3, 0.4) is 0 Å². The molecule has 0 radical (unpaired) electrons. The number of benzene rings is 4. The van der Waals surface area contributed by atoms with Crippen LogP contribution in [0.15, 0.2) is 97.1 Å². The molecule has 2 aliphatic rings. The van der Waals surface area contributed by atoms with Crippen LogP contribution in [0.4, 0.5) is 20.2 Å². The lowest BCUT2D eigenvalue weighted by Crippen LogP contribution is -2.43. The highest BCUT2D eigenvalue weighted by Crippen LogP contribution is 2.24. The van der Waals surface area contributed by atoms with Gasteiger partial charge < -0.3 is 20.4 Å². The van der Waals surface area contributed by atoms with Crippen LogP contribution in [-0.2, 0) is 32.0 Å². The Morgan fingerprint density at radius 1 is 0.580 bits per heavy atom. The van der Waals surface area contributed by atoms with Crippen molar-refractivity contribution in [2.45, 2.75) is 50.6 Å². The fourth-order valence-electron chi connectivity index (χ4n) is 6.49. The number of hydrogen-bond acceptors (Lipinski definition) is 4. The average molecular weight is 677 g/mol. The average Bonchev–Trinajstić information content (AvgIpc) is 3.82. The predicted octanol–water partition coefficient (Wildman–Crippen LogP) is 6.48. The summed E-state index contributed by atoms with van der Waals surface area (Å²) in [5, 5.41) is 5.81. The molecule has 8 nitrogen and oxygen atoms in total. The van der Waals surface area contributed by atoms with E-state index in [1.807, 2.05) is 36.4 Å². The second kappa shape index (κ2) is 15.7. The topological polar surface area (TPSA) is 98.8 Å². The van der Waals surface area contributed by atoms with Gasteiger partial charge in [-0.25, -0.2) is 8.78 Å². The Balaban J connectivity index is 0.989. The van der Waals surface area contributed by atoms with Gasteiger partial charge in [0.1, 0.15) is 23.7 Å². The van der Waals surface area contributed by atoms with E-state index in [1.165, 1.54) is 21.9 Å². The van der Waals surface area contributed by atoms with Crippen molar-refractivity contribution < 1.29 is 28.0 Å². The maximum Gasteiger partial charge on any atom is 0.247 e. The first-order valence-electron chi connectivity index (χ1n) is 16.8. The van der Waals surface area contributed by atoms with Gasteiger partial charge in [-0.1, -0.05) is 72.8 Å². The third-order valence-corrected chi connectivity index (χ3v) is 9.18. The van der Waals surface area contributed by atoms with Crippen molar-refractivity contribution in [2.24, 2.45) is 0 Å². The largest absolute Gasteiger partial charge is 0.330 e. The van der Waals surface area contributed by atoms with E-state index >= 15 is 0 Å². The molecule has 2 atom stereocenters. The molecule has 2 fully saturated rings. The second-order valence-corrected chi connectivity index (χ2v) is 12.6. The fraction of sp³-hybridized carbons (Fsp3) is 0.250. The molecular formula is C40H38F2N4O4. The zero-order valence-electron chi connectivity index (χ0n) is 27.5. The van der Waals surface area contributed by atoms with Gasteiger partial charge in [-0.3, -0.25) is 19.2 Å². The Bertz CT molecular complexity index is 1760. The number of nitrogens with one attached hydrogen (secondary N) is 2. The van der Waals surface area contributed by atoms with E-state index in [-0.39, 0.29) is 36.5 Å². The van der Waals surface area contributed by atoms with Gasteiger partial charge in [0.05, 0.1) is 12.8 Å². The number of amides is 4. The molecule has 0 aliphatic carbocycles. The molecule has 0 saturated carbocycles. The Kier molecular flexibility index (Phi) is 10.8. The molecule has 0 bridgehead atoms. The van der Waals surface area contributed by atoms with Crippen LogP contribution in [0, 0.1) is 11.6 Å². The summed E-state index contributed by atoms with van der Waals surface area (Å²) < 4.78 is 28.1. The molecule has 0 spiro atoms. The molecule has 2 saturated heterocycles. The minimum Gasteiger partial charge on any atom is -0.330 e. The molecule has 0 unspecified atom stereocenters. The monoisotopic (exact) mass is 676 g/mol. The lowest BCUT2D eigenvalue weighted by atomic mass is 10.1. The van der Waals surface area contributed by atoms with E-state index in [1.54, 1.807) is 60.7 Å². The molecule has 2 heterocycles. The van der Waals surface area contributed by atoms with Gasteiger partial charge in [-0.2, -0.15) is 0 Å². The summed E-state index contributed by atoms with van der Waals surface area (Å²) in [6, 6.07) is 25.8. The number of anilines is 2. The predicted molar refractivity (Wildman–Crippen MR) is 189 cm³/mol. The first-order valence-corrected chi connectivity index (χ1v) is 16.8. The number of rotatable bonds is 10. The first-order chi connectivity index (χ1) is 24.2. The molecule has 2 aliphatic heterocycles. The molecule has 256 valence electrons. The Morgan fingerprint density at radius 2 is 0.960 bits per heavy atom. The number of likely N-dealkylation sites (tertiary alicyclic amines) is 2. The highest BCUT2D eigenvalue weighted by molar-refractivity contribution is 5.98. The quantitative estimate of drug-likeness (QED) is 0.188. The summed E-state index contributed by atoms with van der Waals surface area (Å²) in [6.07, 6.45) is 6.19. The smallest absolute Gasteiger partial charge is 0.247 e. The van der Waals surface area contributed by atoms with Crippen molar-refractivity contribution >= 4 is 47.2 Å². The first kappa shape index (κ1) is 34.2. The highest BCUT2D eigenvalue weighted by atomic mass is 19.1. The van der Waals surface area contributed by atoms with E-state index in [0.717, 1.165) is 11.1 Å². The lowest BCUT2D eigenvalue weighted by Gasteiger charge is -2.24. The summed E-state index contributed by atoms with van der Waals surface area (Å²) in [5.41, 5.74) is 3.66. The molecule has 4 amide bonds. The van der Waals surface area contributed by atoms with E-state index in [2.05, 4.69) is 10.6 Å². The summed E-state index contributed by atoms with van der Waals surface area (Å²) in [6.45, 7) is 0.919. The molecule has 10 heteroatoms. The zero-order chi connectivity index (χ0) is 35.0. The highest BCUT2D eigenvalue weighted by Gasteiger charge is 2.35. The third-order valence-electron chi connectivity index (χ3n) is 9.18. The number of halogens is 2. The second-order valence-electron chi connectivity index (χ2n) is 12.6. The SMILES string of the molecule is O=C(Nc1ccc(C=Cc2ccc(NC(=O)[C@@H]3CCCN3C(=O)Cc3ccccc3F)cc2)cc1)[C@@H]1CCCN1C(=O)Cc1ccccc1F. The summed E-state index contributed by atoms with van der Waals surface area (Å²) in [4.78, 5) is 55.1. The zero-order valence-corrected chi connectivity index (χ0v) is 27.5. The number of hydrogen-bond donors (Lipinski definition) is 2. The molecule has 50 heavy (non-hydrogen) atoms. The lowest BCUT2D eigenvalue weighted by molar-refractivity contribution is -0.136. The van der Waals surface area contributed by atoms with Crippen LogP contribution in [0.1, 0.15) is 47.9 Å². The van der Waals surface area contributed by atoms with E-state index in [9.17, 15) is 28.0 Å². The standard InChI is InChI=1S/C40H38F2N4O4/c41-33-9-3-1-7-29(33)25-37(47)45-23-5-11-35(45)39(49)43-31-19-15-27(16-20-31)13-14-28-17-21-32(22-18-28)44-40(50)36-12-6-24-46(36)38(48)26-30-8-2-4-10-34(30)42/h1-4,7-10,13-22,35-36H,5-6,11-12,23-26H2,(H,43,49)(H,44,50)/t35-,36-/m0/s1. The van der Waals surface area contributed by atoms with Crippen LogP contribution in [0.25, 0.3) is 12.2 Å². The fourth-order valence-corrected chi connectivity index (χ4v) is 6.49. The van der Waals surface area contributed by atoms with Crippen molar-refractivity contribution in [3.63, 3.8) is 0 Å². The summed E-state index contributed by atoms with van der Waals surface area (Å²) in [7, 11) is 0. The number of carbonyl (C=O) groups excluding carboxylic acids is 4. The van der Waals surface area contributed by atoms with Crippen LogP contribution in [0.2, 0.25) is 0 Å². The van der Waals surface area contributed by atoms with Crippen molar-refractivity contribution in [2.75, 3.05) is 23.7 Å². The molecular weight excluding hydrogens is 638 g/mol. The molecule has 4 aromatic carbocycles. The van der Waals surface area contributed by atoms with Gasteiger partial charge in [0.2, 0.25) is 23.6 Å². The van der Waals surface area contributed by atoms with Crippen LogP contribution < -0.4 is 10.6 Å². The van der Waals surface area contributed by atoms with E-state index in [4.69, 9.17) is 0 Å². The van der Waals surface area contributed by atoms with Gasteiger partial charge in [0.25, 0.3) is 0 Å². The Labute approximate surface area is 289 Å². The van der Waals surface area contributed by atoms with Crippen molar-refractivity contribution in [1.29, 1.82) is 0 Å². The van der Waals surface area contributed by atoms with Crippen LogP contribution in [0.5, 0.6) is 0 Å². The molecule has 0 aromatic heterocycles. The number of nitrogens with zero attached hydrogens (tertiary/aromatic N) is 2. The van der Waals surface area contributed by atoms with Gasteiger partial charge in [-0.15, -0.1) is 0 Å². The normalized spacial score (nSPS) is 17.2. The maximum absolute atomic E-state index is 14.1. The van der Waals surface area contributed by atoms with Gasteiger partial charge >= 0.3 is 0 Å². The summed E-state index contributed by atoms with van der Waals surface area (Å²) >= 11 is 0. The minimum atomic E-state index is -0.605. The van der Waals surface area contributed by atoms with Crippen LogP contribution >= 0.6 is 0 Å². The van der Waals surface area contributed by atoms with Crippen LogP contribution in [-0.4, -0.2) is 58.6 Å². The molecule has 2 N–H and O–H groups in total. The molecule has 4 aromatic rings. The van der Waals surface area contributed by atoms with Gasteiger partial charge in [-0.05, 0) is 84.3 Å². The van der Waals surface area contributed by atoms with E-state index < -0.39 is 23.7 Å². The summed E-state index contributed by atoms with van der Waals surface area (Å²) in [5.74, 6) is -1.94. The van der Waals surface area contributed by atoms with Crippen molar-refractivity contribution in [3.05, 3.63) is 131 Å². The third kappa shape index (κ3) is 8.31. The minimum absolute atomic E-state index is 0.0874. The van der Waals surface area contributed by atoms with Crippen molar-refractivity contribution in [1.82, 2.24) is 9.80 Å². The number of carbonyl (C=O) groups is 4. The van der Waals surface area contributed by atoms with Gasteiger partial charge in [0.15, 0.2) is 0 Å². The Morgan fingerprint density at radius 3 is 1.34 bits per heavy atom. The Hall–Kier alpha value is -5.64. The molecule has 6 rings (SSSR count).